The van der Waals surface area contributed by atoms with Gasteiger partial charge in [-0.1, -0.05) is 30.9 Å². The summed E-state index contributed by atoms with van der Waals surface area (Å²) < 4.78 is 0. The molecule has 0 amide bonds. The SMILES string of the molecule is C1CCC(NCC2CC2)CC1.Cc1ccc2ncnc(N)c2c1. The Morgan fingerprint density at radius 2 is 1.87 bits per heavy atom. The van der Waals surface area contributed by atoms with Gasteiger partial charge in [0.05, 0.1) is 5.52 Å². The Bertz CT molecular complexity index is 630. The van der Waals surface area contributed by atoms with E-state index in [-0.39, 0.29) is 0 Å². The predicted molar refractivity (Wildman–Crippen MR) is 96.3 cm³/mol. The van der Waals surface area contributed by atoms with Gasteiger partial charge in [-0.25, -0.2) is 9.97 Å². The average molecular weight is 312 g/mol. The molecule has 1 aromatic carbocycles. The number of anilines is 1. The first-order chi connectivity index (χ1) is 11.2. The number of nitrogens with one attached hydrogen (secondary N) is 1. The summed E-state index contributed by atoms with van der Waals surface area (Å²) in [5.41, 5.74) is 7.74. The van der Waals surface area contributed by atoms with Gasteiger partial charge < -0.3 is 11.1 Å². The first-order valence-electron chi connectivity index (χ1n) is 8.92. The summed E-state index contributed by atoms with van der Waals surface area (Å²) >= 11 is 0. The van der Waals surface area contributed by atoms with Crippen molar-refractivity contribution in [1.82, 2.24) is 15.3 Å². The minimum absolute atomic E-state index is 0.545. The molecule has 2 aromatic rings. The van der Waals surface area contributed by atoms with Crippen molar-refractivity contribution in [3.8, 4) is 0 Å². The maximum atomic E-state index is 5.67. The highest BCUT2D eigenvalue weighted by Gasteiger charge is 2.22. The summed E-state index contributed by atoms with van der Waals surface area (Å²) in [6.45, 7) is 3.33. The van der Waals surface area contributed by atoms with Crippen LogP contribution in [0.1, 0.15) is 50.5 Å². The average Bonchev–Trinajstić information content (AvgIpc) is 3.40. The van der Waals surface area contributed by atoms with Crippen molar-refractivity contribution in [2.24, 2.45) is 5.92 Å². The number of aromatic nitrogens is 2. The highest BCUT2D eigenvalue weighted by molar-refractivity contribution is 5.88. The lowest BCUT2D eigenvalue weighted by Crippen LogP contribution is -2.32. The Balaban J connectivity index is 0.000000136. The van der Waals surface area contributed by atoms with Gasteiger partial charge in [0.2, 0.25) is 0 Å². The fourth-order valence-electron chi connectivity index (χ4n) is 3.15. The Labute approximate surface area is 138 Å². The number of benzene rings is 1. The lowest BCUT2D eigenvalue weighted by Gasteiger charge is -2.22. The van der Waals surface area contributed by atoms with Gasteiger partial charge in [0, 0.05) is 11.4 Å². The van der Waals surface area contributed by atoms with Gasteiger partial charge in [0.1, 0.15) is 12.1 Å². The Morgan fingerprint density at radius 3 is 2.61 bits per heavy atom. The van der Waals surface area contributed by atoms with Crippen LogP contribution in [0.15, 0.2) is 24.5 Å². The van der Waals surface area contributed by atoms with Gasteiger partial charge in [0.25, 0.3) is 0 Å². The number of fused-ring (bicyclic) bond motifs is 1. The Hall–Kier alpha value is -1.68. The highest BCUT2D eigenvalue weighted by atomic mass is 14.9. The summed E-state index contributed by atoms with van der Waals surface area (Å²) in [6, 6.07) is 6.83. The molecule has 0 saturated heterocycles. The number of nitrogens with two attached hydrogens (primary N) is 1. The third kappa shape index (κ3) is 4.90. The molecule has 1 heterocycles. The van der Waals surface area contributed by atoms with Crippen LogP contribution in [0.25, 0.3) is 10.9 Å². The van der Waals surface area contributed by atoms with E-state index in [0.717, 1.165) is 22.9 Å². The van der Waals surface area contributed by atoms with Gasteiger partial charge in [-0.3, -0.25) is 0 Å². The minimum Gasteiger partial charge on any atom is -0.383 e. The molecule has 2 aliphatic rings. The van der Waals surface area contributed by atoms with Gasteiger partial charge in [-0.2, -0.15) is 0 Å². The van der Waals surface area contributed by atoms with Crippen LogP contribution in [-0.2, 0) is 0 Å². The normalized spacial score (nSPS) is 18.5. The van der Waals surface area contributed by atoms with Crippen LogP contribution in [0.4, 0.5) is 5.82 Å². The summed E-state index contributed by atoms with van der Waals surface area (Å²) in [5, 5.41) is 4.61. The lowest BCUT2D eigenvalue weighted by atomic mass is 9.95. The molecule has 0 atom stereocenters. The van der Waals surface area contributed by atoms with E-state index < -0.39 is 0 Å². The van der Waals surface area contributed by atoms with Crippen LogP contribution in [0.2, 0.25) is 0 Å². The summed E-state index contributed by atoms with van der Waals surface area (Å²) in [4.78, 5) is 8.01. The number of aryl methyl sites for hydroxylation is 1. The van der Waals surface area contributed by atoms with E-state index in [1.807, 2.05) is 25.1 Å². The second kappa shape index (κ2) is 7.73. The Morgan fingerprint density at radius 1 is 1.09 bits per heavy atom. The zero-order valence-corrected chi connectivity index (χ0v) is 14.1. The fraction of sp³-hybridized carbons (Fsp3) is 0.579. The molecule has 2 aliphatic carbocycles. The minimum atomic E-state index is 0.545. The zero-order valence-electron chi connectivity index (χ0n) is 14.1. The summed E-state index contributed by atoms with van der Waals surface area (Å²) in [5.74, 6) is 1.60. The molecule has 0 aliphatic heterocycles. The van der Waals surface area contributed by atoms with E-state index in [4.69, 9.17) is 5.73 Å². The van der Waals surface area contributed by atoms with E-state index in [2.05, 4.69) is 15.3 Å². The van der Waals surface area contributed by atoms with E-state index in [0.29, 0.717) is 5.82 Å². The maximum Gasteiger partial charge on any atom is 0.134 e. The molecule has 2 saturated carbocycles. The van der Waals surface area contributed by atoms with Crippen molar-refractivity contribution >= 4 is 16.7 Å². The van der Waals surface area contributed by atoms with Crippen molar-refractivity contribution in [2.45, 2.75) is 57.9 Å². The smallest absolute Gasteiger partial charge is 0.134 e. The van der Waals surface area contributed by atoms with Crippen molar-refractivity contribution in [1.29, 1.82) is 0 Å². The molecule has 4 nitrogen and oxygen atoms in total. The van der Waals surface area contributed by atoms with Crippen LogP contribution in [0.3, 0.4) is 0 Å². The van der Waals surface area contributed by atoms with Crippen LogP contribution in [0, 0.1) is 12.8 Å². The zero-order chi connectivity index (χ0) is 16.1. The van der Waals surface area contributed by atoms with E-state index in [1.54, 1.807) is 0 Å². The number of nitrogens with zero attached hydrogens (tertiary/aromatic N) is 2. The number of nitrogen functional groups attached to an aromatic ring is 1. The molecule has 2 fully saturated rings. The quantitative estimate of drug-likeness (QED) is 0.904. The van der Waals surface area contributed by atoms with Crippen molar-refractivity contribution in [2.75, 3.05) is 12.3 Å². The van der Waals surface area contributed by atoms with Crippen LogP contribution >= 0.6 is 0 Å². The summed E-state index contributed by atoms with van der Waals surface area (Å²) in [7, 11) is 0. The highest BCUT2D eigenvalue weighted by Crippen LogP contribution is 2.28. The molecule has 0 bridgehead atoms. The molecule has 0 radical (unpaired) electrons. The molecule has 0 spiro atoms. The van der Waals surface area contributed by atoms with Crippen molar-refractivity contribution in [3.05, 3.63) is 30.1 Å². The van der Waals surface area contributed by atoms with Crippen molar-refractivity contribution < 1.29 is 0 Å². The topological polar surface area (TPSA) is 63.8 Å². The molecular formula is C19H28N4. The van der Waals surface area contributed by atoms with E-state index in [1.165, 1.54) is 63.4 Å². The first kappa shape index (κ1) is 16.2. The predicted octanol–water partition coefficient (Wildman–Crippen LogP) is 3.84. The second-order valence-corrected chi connectivity index (χ2v) is 6.97. The molecule has 1 aromatic heterocycles. The third-order valence-corrected chi connectivity index (χ3v) is 4.82. The van der Waals surface area contributed by atoms with Gasteiger partial charge in [-0.15, -0.1) is 0 Å². The largest absolute Gasteiger partial charge is 0.383 e. The molecule has 3 N–H and O–H groups in total. The first-order valence-corrected chi connectivity index (χ1v) is 8.92. The third-order valence-electron chi connectivity index (χ3n) is 4.82. The van der Waals surface area contributed by atoms with Gasteiger partial charge in [-0.05, 0) is 57.2 Å². The summed E-state index contributed by atoms with van der Waals surface area (Å²) in [6.07, 6.45) is 11.7. The number of hydrogen-bond acceptors (Lipinski definition) is 4. The maximum absolute atomic E-state index is 5.67. The molecular weight excluding hydrogens is 284 g/mol. The standard InChI is InChI=1S/C10H19N.C9H9N3/c1-2-4-10(5-3-1)11-8-9-6-7-9;1-6-2-3-8-7(4-6)9(10)12-5-11-8/h9-11H,1-8H2;2-5H,1H3,(H2,10,11,12). The number of hydrogen-bond donors (Lipinski definition) is 2. The number of rotatable bonds is 3. The molecule has 23 heavy (non-hydrogen) atoms. The van der Waals surface area contributed by atoms with Crippen LogP contribution < -0.4 is 11.1 Å². The molecule has 0 unspecified atom stereocenters. The van der Waals surface area contributed by atoms with Crippen LogP contribution in [0.5, 0.6) is 0 Å². The molecule has 4 heteroatoms. The van der Waals surface area contributed by atoms with Gasteiger partial charge in [0.15, 0.2) is 0 Å². The molecule has 124 valence electrons. The lowest BCUT2D eigenvalue weighted by molar-refractivity contribution is 0.369. The van der Waals surface area contributed by atoms with Crippen LogP contribution in [-0.4, -0.2) is 22.6 Å². The van der Waals surface area contributed by atoms with Gasteiger partial charge >= 0.3 is 0 Å². The fourth-order valence-corrected chi connectivity index (χ4v) is 3.15. The van der Waals surface area contributed by atoms with E-state index >= 15 is 0 Å². The Kier molecular flexibility index (Phi) is 5.44. The van der Waals surface area contributed by atoms with Crippen molar-refractivity contribution in [3.63, 3.8) is 0 Å². The van der Waals surface area contributed by atoms with E-state index in [9.17, 15) is 0 Å². The second-order valence-electron chi connectivity index (χ2n) is 6.97. The monoisotopic (exact) mass is 312 g/mol. The molecule has 4 rings (SSSR count).